The van der Waals surface area contributed by atoms with Gasteiger partial charge in [-0.15, -0.1) is 24.0 Å². The SMILES string of the molecule is CN=C(NCCc1nc(C)no1)N1CCN(c2cccc(OC)c2)CC1.I. The second-order valence-corrected chi connectivity index (χ2v) is 6.13. The second kappa shape index (κ2) is 10.3. The summed E-state index contributed by atoms with van der Waals surface area (Å²) in [5, 5.41) is 7.18. The fourth-order valence-corrected chi connectivity index (χ4v) is 3.04. The van der Waals surface area contributed by atoms with E-state index in [0.29, 0.717) is 24.7 Å². The van der Waals surface area contributed by atoms with Crippen molar-refractivity contribution in [3.05, 3.63) is 36.0 Å². The molecule has 27 heavy (non-hydrogen) atoms. The average Bonchev–Trinajstić information content (AvgIpc) is 3.10. The molecule has 0 aliphatic carbocycles. The Morgan fingerprint density at radius 2 is 2.07 bits per heavy atom. The van der Waals surface area contributed by atoms with Gasteiger partial charge in [0.05, 0.1) is 7.11 Å². The number of aryl methyl sites for hydroxylation is 1. The van der Waals surface area contributed by atoms with Gasteiger partial charge in [0, 0.05) is 57.9 Å². The predicted molar refractivity (Wildman–Crippen MR) is 116 cm³/mol. The number of halogens is 1. The van der Waals surface area contributed by atoms with Gasteiger partial charge in [0.15, 0.2) is 11.8 Å². The minimum Gasteiger partial charge on any atom is -0.497 e. The van der Waals surface area contributed by atoms with E-state index >= 15 is 0 Å². The third kappa shape index (κ3) is 5.72. The van der Waals surface area contributed by atoms with Crippen LogP contribution in [-0.2, 0) is 6.42 Å². The molecule has 0 amide bonds. The highest BCUT2D eigenvalue weighted by atomic mass is 127. The van der Waals surface area contributed by atoms with Crippen LogP contribution in [0.25, 0.3) is 0 Å². The number of hydrogen-bond acceptors (Lipinski definition) is 6. The second-order valence-electron chi connectivity index (χ2n) is 6.13. The van der Waals surface area contributed by atoms with E-state index in [-0.39, 0.29) is 24.0 Å². The Morgan fingerprint density at radius 3 is 2.70 bits per heavy atom. The Labute approximate surface area is 177 Å². The quantitative estimate of drug-likeness (QED) is 0.393. The molecule has 1 aliphatic rings. The topological polar surface area (TPSA) is 79.0 Å². The summed E-state index contributed by atoms with van der Waals surface area (Å²) in [4.78, 5) is 13.3. The van der Waals surface area contributed by atoms with Crippen molar-refractivity contribution in [2.24, 2.45) is 4.99 Å². The molecule has 0 saturated carbocycles. The van der Waals surface area contributed by atoms with Crippen LogP contribution in [0.1, 0.15) is 11.7 Å². The Hall–Kier alpha value is -2.04. The van der Waals surface area contributed by atoms with Gasteiger partial charge in [0.25, 0.3) is 0 Å². The normalized spacial score (nSPS) is 14.7. The first kappa shape index (κ1) is 21.3. The molecular formula is C18H27IN6O2. The molecule has 1 aliphatic heterocycles. The number of hydrogen-bond donors (Lipinski definition) is 1. The summed E-state index contributed by atoms with van der Waals surface area (Å²) in [5.74, 6) is 3.11. The molecule has 3 rings (SSSR count). The third-order valence-corrected chi connectivity index (χ3v) is 4.40. The van der Waals surface area contributed by atoms with Gasteiger partial charge in [0.2, 0.25) is 5.89 Å². The van der Waals surface area contributed by atoms with Gasteiger partial charge in [-0.05, 0) is 19.1 Å². The zero-order chi connectivity index (χ0) is 18.4. The van der Waals surface area contributed by atoms with Crippen LogP contribution in [0.4, 0.5) is 5.69 Å². The van der Waals surface area contributed by atoms with Gasteiger partial charge < -0.3 is 24.4 Å². The first-order valence-electron chi connectivity index (χ1n) is 8.83. The van der Waals surface area contributed by atoms with Gasteiger partial charge in [-0.3, -0.25) is 4.99 Å². The zero-order valence-corrected chi connectivity index (χ0v) is 18.3. The van der Waals surface area contributed by atoms with Gasteiger partial charge >= 0.3 is 0 Å². The molecule has 0 bridgehead atoms. The van der Waals surface area contributed by atoms with Gasteiger partial charge in [-0.25, -0.2) is 0 Å². The molecule has 2 heterocycles. The summed E-state index contributed by atoms with van der Waals surface area (Å²) in [6.07, 6.45) is 0.684. The summed E-state index contributed by atoms with van der Waals surface area (Å²) in [6, 6.07) is 8.20. The lowest BCUT2D eigenvalue weighted by atomic mass is 10.2. The van der Waals surface area contributed by atoms with E-state index in [4.69, 9.17) is 9.26 Å². The van der Waals surface area contributed by atoms with Gasteiger partial charge in [0.1, 0.15) is 5.75 Å². The Bertz CT molecular complexity index is 743. The van der Waals surface area contributed by atoms with Crippen molar-refractivity contribution < 1.29 is 9.26 Å². The predicted octanol–water partition coefficient (Wildman–Crippen LogP) is 1.94. The molecule has 148 valence electrons. The highest BCUT2D eigenvalue weighted by Crippen LogP contribution is 2.22. The number of nitrogens with zero attached hydrogens (tertiary/aromatic N) is 5. The van der Waals surface area contributed by atoms with Crippen LogP contribution >= 0.6 is 24.0 Å². The molecule has 1 fully saturated rings. The van der Waals surface area contributed by atoms with Crippen LogP contribution in [-0.4, -0.2) is 67.9 Å². The standard InChI is InChI=1S/C18H26N6O2.HI/c1-14-21-17(26-22-14)7-8-20-18(19-2)24-11-9-23(10-12-24)15-5-4-6-16(13-15)25-3;/h4-6,13H,7-12H2,1-3H3,(H,19,20);1H. The molecule has 0 spiro atoms. The summed E-state index contributed by atoms with van der Waals surface area (Å²) < 4.78 is 10.5. The lowest BCUT2D eigenvalue weighted by Gasteiger charge is -2.37. The monoisotopic (exact) mass is 486 g/mol. The maximum atomic E-state index is 5.32. The molecule has 2 aromatic rings. The third-order valence-electron chi connectivity index (χ3n) is 4.40. The molecule has 0 atom stereocenters. The van der Waals surface area contributed by atoms with Crippen molar-refractivity contribution in [2.45, 2.75) is 13.3 Å². The van der Waals surface area contributed by atoms with Crippen LogP contribution in [0.15, 0.2) is 33.8 Å². The smallest absolute Gasteiger partial charge is 0.228 e. The van der Waals surface area contributed by atoms with Crippen molar-refractivity contribution in [1.29, 1.82) is 0 Å². The van der Waals surface area contributed by atoms with E-state index in [9.17, 15) is 0 Å². The van der Waals surface area contributed by atoms with E-state index in [1.165, 1.54) is 5.69 Å². The number of nitrogens with one attached hydrogen (secondary N) is 1. The largest absolute Gasteiger partial charge is 0.497 e. The lowest BCUT2D eigenvalue weighted by Crippen LogP contribution is -2.52. The maximum absolute atomic E-state index is 5.32. The Balaban J connectivity index is 0.00000261. The van der Waals surface area contributed by atoms with Crippen molar-refractivity contribution in [3.8, 4) is 5.75 Å². The maximum Gasteiger partial charge on any atom is 0.228 e. The first-order chi connectivity index (χ1) is 12.7. The Kier molecular flexibility index (Phi) is 8.14. The van der Waals surface area contributed by atoms with E-state index in [2.05, 4.69) is 42.4 Å². The molecule has 8 nitrogen and oxygen atoms in total. The number of piperazine rings is 1. The fraction of sp³-hybridized carbons (Fsp3) is 0.500. The highest BCUT2D eigenvalue weighted by molar-refractivity contribution is 14.0. The fourth-order valence-electron chi connectivity index (χ4n) is 3.04. The summed E-state index contributed by atoms with van der Waals surface area (Å²) in [7, 11) is 3.51. The summed E-state index contributed by atoms with van der Waals surface area (Å²) in [5.41, 5.74) is 1.19. The van der Waals surface area contributed by atoms with Crippen LogP contribution in [0.3, 0.4) is 0 Å². The number of rotatable bonds is 5. The number of methoxy groups -OCH3 is 1. The highest BCUT2D eigenvalue weighted by Gasteiger charge is 2.20. The molecule has 1 aromatic carbocycles. The van der Waals surface area contributed by atoms with Crippen molar-refractivity contribution in [1.82, 2.24) is 20.4 Å². The van der Waals surface area contributed by atoms with Gasteiger partial charge in [-0.2, -0.15) is 4.98 Å². The summed E-state index contributed by atoms with van der Waals surface area (Å²) >= 11 is 0. The number of aromatic nitrogens is 2. The first-order valence-corrected chi connectivity index (χ1v) is 8.83. The summed E-state index contributed by atoms with van der Waals surface area (Å²) in [6.45, 7) is 6.24. The van der Waals surface area contributed by atoms with E-state index in [0.717, 1.165) is 37.9 Å². The van der Waals surface area contributed by atoms with E-state index in [1.807, 2.05) is 26.1 Å². The van der Waals surface area contributed by atoms with Crippen molar-refractivity contribution in [2.75, 3.05) is 51.8 Å². The van der Waals surface area contributed by atoms with Crippen molar-refractivity contribution in [3.63, 3.8) is 0 Å². The number of guanidine groups is 1. The number of ether oxygens (including phenoxy) is 1. The van der Waals surface area contributed by atoms with Gasteiger partial charge in [-0.1, -0.05) is 11.2 Å². The Morgan fingerprint density at radius 1 is 1.30 bits per heavy atom. The molecule has 1 N–H and O–H groups in total. The van der Waals surface area contributed by atoms with E-state index < -0.39 is 0 Å². The molecule has 1 saturated heterocycles. The van der Waals surface area contributed by atoms with E-state index in [1.54, 1.807) is 7.11 Å². The molecular weight excluding hydrogens is 459 g/mol. The molecule has 9 heteroatoms. The molecule has 1 aromatic heterocycles. The number of anilines is 1. The minimum atomic E-state index is 0. The van der Waals surface area contributed by atoms with Crippen molar-refractivity contribution >= 4 is 35.6 Å². The molecule has 0 unspecified atom stereocenters. The molecule has 0 radical (unpaired) electrons. The lowest BCUT2D eigenvalue weighted by molar-refractivity contribution is 0.363. The van der Waals surface area contributed by atoms with Crippen LogP contribution in [0.2, 0.25) is 0 Å². The number of aliphatic imine (C=N–C) groups is 1. The minimum absolute atomic E-state index is 0. The van der Waals surface area contributed by atoms with Crippen LogP contribution < -0.4 is 15.0 Å². The van der Waals surface area contributed by atoms with Crippen LogP contribution in [0.5, 0.6) is 5.75 Å². The zero-order valence-electron chi connectivity index (χ0n) is 16.0. The average molecular weight is 486 g/mol. The number of benzene rings is 1. The van der Waals surface area contributed by atoms with Crippen LogP contribution in [0, 0.1) is 6.92 Å².